The van der Waals surface area contributed by atoms with E-state index in [9.17, 15) is 0 Å². The maximum atomic E-state index is 5.72. The van der Waals surface area contributed by atoms with Crippen LogP contribution in [-0.4, -0.2) is 25.0 Å². The van der Waals surface area contributed by atoms with Crippen molar-refractivity contribution >= 4 is 17.2 Å². The molecule has 0 unspecified atom stereocenters. The van der Waals surface area contributed by atoms with E-state index < -0.39 is 0 Å². The minimum absolute atomic E-state index is 0.604. The molecule has 0 aliphatic heterocycles. The highest BCUT2D eigenvalue weighted by Gasteiger charge is 2.03. The lowest BCUT2D eigenvalue weighted by Crippen LogP contribution is -2.06. The Morgan fingerprint density at radius 3 is 3.11 bits per heavy atom. The molecule has 2 aromatic heterocycles. The van der Waals surface area contributed by atoms with Crippen molar-refractivity contribution in [2.24, 2.45) is 0 Å². The van der Waals surface area contributed by atoms with E-state index in [2.05, 4.69) is 25.8 Å². The first-order chi connectivity index (χ1) is 8.83. The molecule has 0 aliphatic carbocycles. The summed E-state index contributed by atoms with van der Waals surface area (Å²) in [6.07, 6.45) is 3.28. The third-order valence-electron chi connectivity index (χ3n) is 2.53. The zero-order valence-electron chi connectivity index (χ0n) is 9.48. The molecule has 0 bridgehead atoms. The topological polar surface area (TPSA) is 94.0 Å². The molecular weight excluding hydrogens is 230 g/mol. The largest absolute Gasteiger partial charge is 0.399 e. The number of rotatable bonds is 3. The molecule has 0 fully saturated rings. The number of hydrogen-bond donors (Lipinski definition) is 2. The third-order valence-corrected chi connectivity index (χ3v) is 2.53. The van der Waals surface area contributed by atoms with Crippen molar-refractivity contribution in [3.63, 3.8) is 0 Å². The number of fused-ring (bicyclic) bond motifs is 1. The van der Waals surface area contributed by atoms with Gasteiger partial charge in [-0.05, 0) is 28.1 Å². The number of tetrazole rings is 1. The standard InChI is InChI=1S/C11H11N7/c12-9-3-1-2-8(4-9)5-14-10-6-13-7-11-15-16-17-18(10)11/h1-4,6-7,14H,5,12H2. The molecule has 2 heterocycles. The van der Waals surface area contributed by atoms with Gasteiger partial charge in [-0.15, -0.1) is 5.10 Å². The molecule has 0 atom stereocenters. The van der Waals surface area contributed by atoms with Gasteiger partial charge in [-0.1, -0.05) is 12.1 Å². The lowest BCUT2D eigenvalue weighted by Gasteiger charge is -2.07. The fourth-order valence-electron chi connectivity index (χ4n) is 1.69. The summed E-state index contributed by atoms with van der Waals surface area (Å²) in [5.74, 6) is 0.736. The van der Waals surface area contributed by atoms with Crippen LogP contribution in [0.3, 0.4) is 0 Å². The Balaban J connectivity index is 1.83. The van der Waals surface area contributed by atoms with E-state index in [1.807, 2.05) is 24.3 Å². The highest BCUT2D eigenvalue weighted by molar-refractivity contribution is 5.45. The second-order valence-corrected chi connectivity index (χ2v) is 3.84. The van der Waals surface area contributed by atoms with Gasteiger partial charge in [-0.3, -0.25) is 4.98 Å². The van der Waals surface area contributed by atoms with E-state index in [0.29, 0.717) is 12.2 Å². The van der Waals surface area contributed by atoms with Gasteiger partial charge >= 0.3 is 0 Å². The number of nitrogens with one attached hydrogen (secondary N) is 1. The number of aromatic nitrogens is 5. The average Bonchev–Trinajstić information content (AvgIpc) is 2.85. The molecule has 3 aromatic rings. The number of anilines is 2. The van der Waals surface area contributed by atoms with Crippen LogP contribution < -0.4 is 11.1 Å². The van der Waals surface area contributed by atoms with Gasteiger partial charge in [0, 0.05) is 12.2 Å². The highest BCUT2D eigenvalue weighted by Crippen LogP contribution is 2.10. The van der Waals surface area contributed by atoms with Crippen molar-refractivity contribution in [2.75, 3.05) is 11.1 Å². The smallest absolute Gasteiger partial charge is 0.199 e. The Hall–Kier alpha value is -2.70. The van der Waals surface area contributed by atoms with E-state index in [4.69, 9.17) is 5.73 Å². The van der Waals surface area contributed by atoms with Crippen LogP contribution in [-0.2, 0) is 6.54 Å². The van der Waals surface area contributed by atoms with Gasteiger partial charge in [0.25, 0.3) is 0 Å². The van der Waals surface area contributed by atoms with Gasteiger partial charge in [-0.2, -0.15) is 4.52 Å². The number of nitrogens with two attached hydrogens (primary N) is 1. The van der Waals surface area contributed by atoms with Crippen LogP contribution in [0.2, 0.25) is 0 Å². The van der Waals surface area contributed by atoms with E-state index in [1.54, 1.807) is 16.9 Å². The average molecular weight is 241 g/mol. The van der Waals surface area contributed by atoms with Crippen LogP contribution in [0.15, 0.2) is 36.7 Å². The van der Waals surface area contributed by atoms with Gasteiger partial charge in [0.15, 0.2) is 11.5 Å². The summed E-state index contributed by atoms with van der Waals surface area (Å²) in [7, 11) is 0. The lowest BCUT2D eigenvalue weighted by atomic mass is 10.2. The summed E-state index contributed by atoms with van der Waals surface area (Å²) in [6.45, 7) is 0.631. The van der Waals surface area contributed by atoms with E-state index >= 15 is 0 Å². The van der Waals surface area contributed by atoms with E-state index in [-0.39, 0.29) is 0 Å². The monoisotopic (exact) mass is 241 g/mol. The fraction of sp³-hybridized carbons (Fsp3) is 0.0909. The molecule has 0 saturated heterocycles. The Morgan fingerprint density at radius 2 is 2.22 bits per heavy atom. The van der Waals surface area contributed by atoms with Crippen molar-refractivity contribution in [1.82, 2.24) is 25.0 Å². The number of nitrogen functional groups attached to an aromatic ring is 1. The SMILES string of the molecule is Nc1cccc(CNc2cncc3nnnn23)c1. The summed E-state index contributed by atoms with van der Waals surface area (Å²) in [6, 6.07) is 7.69. The molecule has 3 rings (SSSR count). The molecule has 7 heteroatoms. The Bertz CT molecular complexity index is 676. The summed E-state index contributed by atoms with van der Waals surface area (Å²) in [4.78, 5) is 4.06. The summed E-state index contributed by atoms with van der Waals surface area (Å²) < 4.78 is 1.60. The molecule has 18 heavy (non-hydrogen) atoms. The Labute approximate surface area is 103 Å². The number of benzene rings is 1. The zero-order valence-corrected chi connectivity index (χ0v) is 9.48. The highest BCUT2D eigenvalue weighted by atomic mass is 15.5. The second-order valence-electron chi connectivity index (χ2n) is 3.84. The molecule has 1 aromatic carbocycles. The van der Waals surface area contributed by atoms with Crippen LogP contribution in [0.5, 0.6) is 0 Å². The molecule has 3 N–H and O–H groups in total. The Morgan fingerprint density at radius 1 is 1.28 bits per heavy atom. The molecule has 7 nitrogen and oxygen atoms in total. The van der Waals surface area contributed by atoms with Crippen LogP contribution in [0, 0.1) is 0 Å². The first kappa shape index (κ1) is 10.5. The fourth-order valence-corrected chi connectivity index (χ4v) is 1.69. The van der Waals surface area contributed by atoms with Crippen molar-refractivity contribution in [1.29, 1.82) is 0 Å². The van der Waals surface area contributed by atoms with E-state index in [1.165, 1.54) is 0 Å². The van der Waals surface area contributed by atoms with Crippen molar-refractivity contribution in [3.8, 4) is 0 Å². The molecule has 0 amide bonds. The Kier molecular flexibility index (Phi) is 2.49. The number of nitrogens with zero attached hydrogens (tertiary/aromatic N) is 5. The zero-order chi connectivity index (χ0) is 12.4. The molecule has 0 radical (unpaired) electrons. The summed E-state index contributed by atoms with van der Waals surface area (Å²) in [5.41, 5.74) is 8.16. The van der Waals surface area contributed by atoms with Gasteiger partial charge in [0.1, 0.15) is 0 Å². The molecule has 0 spiro atoms. The van der Waals surface area contributed by atoms with Crippen LogP contribution >= 0.6 is 0 Å². The minimum atomic E-state index is 0.604. The summed E-state index contributed by atoms with van der Waals surface area (Å²) in [5, 5.41) is 14.5. The minimum Gasteiger partial charge on any atom is -0.399 e. The normalized spacial score (nSPS) is 10.7. The quantitative estimate of drug-likeness (QED) is 0.656. The second kappa shape index (κ2) is 4.28. The van der Waals surface area contributed by atoms with Gasteiger partial charge in [-0.25, -0.2) is 0 Å². The maximum Gasteiger partial charge on any atom is 0.199 e. The predicted molar refractivity (Wildman–Crippen MR) is 66.8 cm³/mol. The predicted octanol–water partition coefficient (Wildman–Crippen LogP) is 0.714. The van der Waals surface area contributed by atoms with Crippen LogP contribution in [0.1, 0.15) is 5.56 Å². The van der Waals surface area contributed by atoms with E-state index in [0.717, 1.165) is 17.1 Å². The van der Waals surface area contributed by atoms with Crippen LogP contribution in [0.4, 0.5) is 11.5 Å². The van der Waals surface area contributed by atoms with Crippen molar-refractivity contribution in [2.45, 2.75) is 6.54 Å². The molecule has 0 aliphatic rings. The van der Waals surface area contributed by atoms with Gasteiger partial charge < -0.3 is 11.1 Å². The number of hydrogen-bond acceptors (Lipinski definition) is 6. The van der Waals surface area contributed by atoms with Gasteiger partial charge in [0.2, 0.25) is 0 Å². The van der Waals surface area contributed by atoms with Crippen molar-refractivity contribution < 1.29 is 0 Å². The van der Waals surface area contributed by atoms with Gasteiger partial charge in [0.05, 0.1) is 12.4 Å². The molecule has 90 valence electrons. The lowest BCUT2D eigenvalue weighted by molar-refractivity contribution is 0.819. The first-order valence-corrected chi connectivity index (χ1v) is 5.43. The van der Waals surface area contributed by atoms with Crippen LogP contribution in [0.25, 0.3) is 5.65 Å². The third kappa shape index (κ3) is 1.93. The molecular formula is C11H11N7. The first-order valence-electron chi connectivity index (χ1n) is 5.43. The molecule has 0 saturated carbocycles. The summed E-state index contributed by atoms with van der Waals surface area (Å²) >= 11 is 0. The maximum absolute atomic E-state index is 5.72. The van der Waals surface area contributed by atoms with Crippen molar-refractivity contribution in [3.05, 3.63) is 42.2 Å².